The molecule has 0 fully saturated rings. The van der Waals surface area contributed by atoms with Crippen molar-refractivity contribution in [2.75, 3.05) is 17.6 Å². The lowest BCUT2D eigenvalue weighted by molar-refractivity contribution is 0.511. The van der Waals surface area contributed by atoms with E-state index in [4.69, 9.17) is 5.73 Å². The molecule has 0 unspecified atom stereocenters. The molecule has 0 aliphatic carbocycles. The highest BCUT2D eigenvalue weighted by Gasteiger charge is 2.11. The van der Waals surface area contributed by atoms with E-state index < -0.39 is 11.6 Å². The molecule has 3 N–H and O–H groups in total. The van der Waals surface area contributed by atoms with Gasteiger partial charge in [0.2, 0.25) is 0 Å². The van der Waals surface area contributed by atoms with Crippen LogP contribution >= 0.6 is 0 Å². The number of aryl methyl sites for hydroxylation is 1. The first-order valence-electron chi connectivity index (χ1n) is 5.54. The summed E-state index contributed by atoms with van der Waals surface area (Å²) in [5, 5.41) is 6.83. The van der Waals surface area contributed by atoms with Crippen molar-refractivity contribution in [2.24, 2.45) is 7.05 Å². The van der Waals surface area contributed by atoms with Crippen molar-refractivity contribution < 1.29 is 8.78 Å². The fraction of sp³-hybridized carbons (Fsp3) is 0.250. The molecule has 0 saturated heterocycles. The number of nitrogens with one attached hydrogen (secondary N) is 1. The van der Waals surface area contributed by atoms with E-state index in [2.05, 4.69) is 10.4 Å². The van der Waals surface area contributed by atoms with Crippen LogP contribution in [0.2, 0.25) is 0 Å². The summed E-state index contributed by atoms with van der Waals surface area (Å²) in [7, 11) is 1.83. The second-order valence-corrected chi connectivity index (χ2v) is 3.95. The van der Waals surface area contributed by atoms with E-state index in [-0.39, 0.29) is 11.4 Å². The molecule has 4 nitrogen and oxygen atoms in total. The molecule has 1 aromatic carbocycles. The van der Waals surface area contributed by atoms with Gasteiger partial charge >= 0.3 is 0 Å². The number of nitrogens with two attached hydrogens (primary N) is 1. The normalized spacial score (nSPS) is 10.6. The summed E-state index contributed by atoms with van der Waals surface area (Å²) in [6, 6.07) is 4.22. The minimum atomic E-state index is -0.944. The van der Waals surface area contributed by atoms with Gasteiger partial charge in [0.15, 0.2) is 11.6 Å². The summed E-state index contributed by atoms with van der Waals surface area (Å²) in [5.41, 5.74) is 6.80. The number of hydrogen-bond acceptors (Lipinski definition) is 3. The minimum Gasteiger partial charge on any atom is -0.397 e. The van der Waals surface area contributed by atoms with Gasteiger partial charge < -0.3 is 11.1 Å². The molecule has 0 amide bonds. The number of benzene rings is 1. The third kappa shape index (κ3) is 2.42. The van der Waals surface area contributed by atoms with Gasteiger partial charge in [0.25, 0.3) is 0 Å². The van der Waals surface area contributed by atoms with Gasteiger partial charge in [0.1, 0.15) is 0 Å². The van der Waals surface area contributed by atoms with Crippen LogP contribution in [0.25, 0.3) is 0 Å². The van der Waals surface area contributed by atoms with E-state index in [9.17, 15) is 8.78 Å². The molecule has 0 aliphatic heterocycles. The Hall–Kier alpha value is -2.11. The Labute approximate surface area is 103 Å². The molecule has 96 valence electrons. The molecule has 2 aromatic rings. The van der Waals surface area contributed by atoms with E-state index >= 15 is 0 Å². The third-order valence-corrected chi connectivity index (χ3v) is 2.73. The fourth-order valence-electron chi connectivity index (χ4n) is 1.71. The molecule has 0 aliphatic rings. The third-order valence-electron chi connectivity index (χ3n) is 2.73. The second kappa shape index (κ2) is 5.03. The van der Waals surface area contributed by atoms with Gasteiger partial charge in [-0.1, -0.05) is 0 Å². The van der Waals surface area contributed by atoms with Crippen LogP contribution < -0.4 is 11.1 Å². The Morgan fingerprint density at radius 3 is 2.78 bits per heavy atom. The molecule has 1 aromatic heterocycles. The molecule has 0 bridgehead atoms. The number of nitrogens with zero attached hydrogens (tertiary/aromatic N) is 2. The van der Waals surface area contributed by atoms with Crippen LogP contribution in [-0.4, -0.2) is 16.3 Å². The summed E-state index contributed by atoms with van der Waals surface area (Å²) in [4.78, 5) is 0. The van der Waals surface area contributed by atoms with E-state index in [1.165, 1.54) is 6.07 Å². The van der Waals surface area contributed by atoms with E-state index in [0.717, 1.165) is 11.8 Å². The van der Waals surface area contributed by atoms with Crippen LogP contribution in [0.1, 0.15) is 5.69 Å². The maximum absolute atomic E-state index is 13.5. The quantitative estimate of drug-likeness (QED) is 0.817. The first kappa shape index (κ1) is 12.3. The molecule has 1 heterocycles. The summed E-state index contributed by atoms with van der Waals surface area (Å²) in [6.07, 6.45) is 2.33. The number of hydrogen-bond donors (Lipinski definition) is 2. The zero-order valence-electron chi connectivity index (χ0n) is 9.95. The van der Waals surface area contributed by atoms with E-state index in [0.29, 0.717) is 13.0 Å². The molecular formula is C12H14F2N4. The molecule has 2 rings (SSSR count). The first-order valence-corrected chi connectivity index (χ1v) is 5.54. The van der Waals surface area contributed by atoms with Gasteiger partial charge in [0.05, 0.1) is 11.4 Å². The monoisotopic (exact) mass is 252 g/mol. The van der Waals surface area contributed by atoms with Gasteiger partial charge in [-0.25, -0.2) is 8.78 Å². The van der Waals surface area contributed by atoms with Crippen molar-refractivity contribution in [1.82, 2.24) is 9.78 Å². The minimum absolute atomic E-state index is 0.0113. The summed E-state index contributed by atoms with van der Waals surface area (Å²) in [5.74, 6) is -1.85. The van der Waals surface area contributed by atoms with Crippen molar-refractivity contribution >= 4 is 11.4 Å². The van der Waals surface area contributed by atoms with Crippen molar-refractivity contribution in [1.29, 1.82) is 0 Å². The van der Waals surface area contributed by atoms with Gasteiger partial charge in [-0.3, -0.25) is 4.68 Å². The SMILES string of the molecule is Cn1nccc1CCNc1c(N)ccc(F)c1F. The van der Waals surface area contributed by atoms with Gasteiger partial charge in [-0.05, 0) is 18.2 Å². The second-order valence-electron chi connectivity index (χ2n) is 3.95. The average Bonchev–Trinajstić information content (AvgIpc) is 2.74. The largest absolute Gasteiger partial charge is 0.397 e. The summed E-state index contributed by atoms with van der Waals surface area (Å²) in [6.45, 7) is 0.449. The predicted molar refractivity (Wildman–Crippen MR) is 66.2 cm³/mol. The van der Waals surface area contributed by atoms with Gasteiger partial charge in [-0.2, -0.15) is 5.10 Å². The molecular weight excluding hydrogens is 238 g/mol. The Morgan fingerprint density at radius 1 is 1.33 bits per heavy atom. The van der Waals surface area contributed by atoms with Gasteiger partial charge in [-0.15, -0.1) is 0 Å². The predicted octanol–water partition coefficient (Wildman–Crippen LogP) is 1.94. The standard InChI is InChI=1S/C12H14F2N4/c1-18-8(5-7-17-18)4-6-16-12-10(15)3-2-9(13)11(12)14/h2-3,5,7,16H,4,6,15H2,1H3. The van der Waals surface area contributed by atoms with Crippen molar-refractivity contribution in [3.63, 3.8) is 0 Å². The number of anilines is 2. The maximum atomic E-state index is 13.5. The van der Waals surface area contributed by atoms with E-state index in [1.54, 1.807) is 10.9 Å². The van der Waals surface area contributed by atoms with Crippen LogP contribution in [-0.2, 0) is 13.5 Å². The highest BCUT2D eigenvalue weighted by molar-refractivity contribution is 5.66. The van der Waals surface area contributed by atoms with Crippen LogP contribution in [0.4, 0.5) is 20.2 Å². The highest BCUT2D eigenvalue weighted by atomic mass is 19.2. The zero-order valence-corrected chi connectivity index (χ0v) is 9.95. The Morgan fingerprint density at radius 2 is 2.11 bits per heavy atom. The Bertz CT molecular complexity index is 551. The number of rotatable bonds is 4. The number of nitrogen functional groups attached to an aromatic ring is 1. The molecule has 18 heavy (non-hydrogen) atoms. The lowest BCUT2D eigenvalue weighted by atomic mass is 10.2. The Kier molecular flexibility index (Phi) is 3.45. The first-order chi connectivity index (χ1) is 8.59. The molecule has 6 heteroatoms. The molecule has 0 atom stereocenters. The Balaban J connectivity index is 2.03. The van der Waals surface area contributed by atoms with Crippen molar-refractivity contribution in [3.8, 4) is 0 Å². The molecule has 0 radical (unpaired) electrons. The lowest BCUT2D eigenvalue weighted by Gasteiger charge is -2.10. The maximum Gasteiger partial charge on any atom is 0.183 e. The summed E-state index contributed by atoms with van der Waals surface area (Å²) < 4.78 is 28.2. The van der Waals surface area contributed by atoms with Crippen molar-refractivity contribution in [3.05, 3.63) is 41.7 Å². The van der Waals surface area contributed by atoms with Crippen LogP contribution in [0.5, 0.6) is 0 Å². The van der Waals surface area contributed by atoms with Crippen LogP contribution in [0.15, 0.2) is 24.4 Å². The highest BCUT2D eigenvalue weighted by Crippen LogP contribution is 2.24. The number of halogens is 2. The molecule has 0 spiro atoms. The fourth-order valence-corrected chi connectivity index (χ4v) is 1.71. The van der Waals surface area contributed by atoms with Crippen LogP contribution in [0, 0.1) is 11.6 Å². The van der Waals surface area contributed by atoms with Crippen molar-refractivity contribution in [2.45, 2.75) is 6.42 Å². The summed E-state index contributed by atoms with van der Waals surface area (Å²) >= 11 is 0. The lowest BCUT2D eigenvalue weighted by Crippen LogP contribution is -2.11. The van der Waals surface area contributed by atoms with Gasteiger partial charge in [0, 0.05) is 31.9 Å². The smallest absolute Gasteiger partial charge is 0.183 e. The number of aromatic nitrogens is 2. The van der Waals surface area contributed by atoms with Crippen LogP contribution in [0.3, 0.4) is 0 Å². The zero-order chi connectivity index (χ0) is 13.1. The topological polar surface area (TPSA) is 55.9 Å². The molecule has 0 saturated carbocycles. The average molecular weight is 252 g/mol. The van der Waals surface area contributed by atoms with E-state index in [1.807, 2.05) is 13.1 Å².